The van der Waals surface area contributed by atoms with E-state index >= 15 is 0 Å². The van der Waals surface area contributed by atoms with Crippen LogP contribution in [-0.4, -0.2) is 66.6 Å². The van der Waals surface area contributed by atoms with Gasteiger partial charge in [0, 0.05) is 48.8 Å². The zero-order valence-electron chi connectivity index (χ0n) is 26.1. The molecule has 0 saturated carbocycles. The van der Waals surface area contributed by atoms with Crippen molar-refractivity contribution in [2.24, 2.45) is 5.92 Å². The van der Waals surface area contributed by atoms with Crippen LogP contribution in [0.2, 0.25) is 18.6 Å². The third-order valence-corrected chi connectivity index (χ3v) is 12.1. The first-order chi connectivity index (χ1) is 21.5. The number of hydrogen-bond acceptors (Lipinski definition) is 6. The lowest BCUT2D eigenvalue weighted by molar-refractivity contribution is -0.150. The summed E-state index contributed by atoms with van der Waals surface area (Å²) >= 11 is 0. The standard InChI is InChI=1S/C35H41N3O6Si/c1-24-33(45(2,3)43)30(21-32(41)36(19-20-39)22-25-9-5-4-6-10-25)44-35(24)28-11-7-8-12-29(28)38(34(35)42)23-26-13-15-27(16-14-26)37-18-17-31(37)40/h4-16,24,30,33,39,43H,17-23H2,1-3H3/t24-,30+,33-,35+/m0/s1. The van der Waals surface area contributed by atoms with Crippen molar-refractivity contribution in [1.82, 2.24) is 4.90 Å². The fourth-order valence-electron chi connectivity index (χ4n) is 7.46. The number of ether oxygens (including phenoxy) is 1. The Kier molecular flexibility index (Phi) is 8.42. The molecule has 4 atom stereocenters. The van der Waals surface area contributed by atoms with Gasteiger partial charge in [-0.25, -0.2) is 0 Å². The van der Waals surface area contributed by atoms with Crippen LogP contribution in [0.25, 0.3) is 0 Å². The number of rotatable bonds is 10. The highest BCUT2D eigenvalue weighted by atomic mass is 28.4. The molecule has 10 heteroatoms. The molecular formula is C35H41N3O6Si. The maximum absolute atomic E-state index is 14.6. The molecule has 1 spiro atoms. The number of aliphatic hydroxyl groups excluding tert-OH is 1. The van der Waals surface area contributed by atoms with E-state index in [1.54, 1.807) is 14.7 Å². The van der Waals surface area contributed by atoms with Gasteiger partial charge in [-0.15, -0.1) is 0 Å². The van der Waals surface area contributed by atoms with Crippen LogP contribution in [0.4, 0.5) is 11.4 Å². The maximum Gasteiger partial charge on any atom is 0.264 e. The van der Waals surface area contributed by atoms with Gasteiger partial charge in [0.15, 0.2) is 13.9 Å². The van der Waals surface area contributed by atoms with Crippen LogP contribution in [0, 0.1) is 5.92 Å². The number of nitrogens with zero attached hydrogens (tertiary/aromatic N) is 3. The zero-order chi connectivity index (χ0) is 31.9. The summed E-state index contributed by atoms with van der Waals surface area (Å²) in [6.45, 7) is 7.03. The van der Waals surface area contributed by atoms with Crippen molar-refractivity contribution in [3.8, 4) is 0 Å². The molecule has 0 aromatic heterocycles. The Labute approximate surface area is 265 Å². The SMILES string of the molecule is C[C@H]1[C@H]([Si](C)(C)O)[C@@H](CC(=O)N(CCO)Cc2ccccc2)O[C@]12C(=O)N(Cc1ccc(N3CCC3=O)cc1)c1ccccc12. The summed E-state index contributed by atoms with van der Waals surface area (Å²) in [5.41, 5.74) is 2.48. The molecule has 2 fully saturated rings. The summed E-state index contributed by atoms with van der Waals surface area (Å²) in [5.74, 6) is -0.672. The van der Waals surface area contributed by atoms with Crippen molar-refractivity contribution in [3.63, 3.8) is 0 Å². The summed E-state index contributed by atoms with van der Waals surface area (Å²) in [7, 11) is -2.95. The van der Waals surface area contributed by atoms with Crippen LogP contribution < -0.4 is 9.80 Å². The highest BCUT2D eigenvalue weighted by Crippen LogP contribution is 2.59. The molecule has 45 heavy (non-hydrogen) atoms. The number of amides is 3. The highest BCUT2D eigenvalue weighted by molar-refractivity contribution is 6.71. The predicted octanol–water partition coefficient (Wildman–Crippen LogP) is 4.18. The maximum atomic E-state index is 14.6. The van der Waals surface area contributed by atoms with E-state index in [1.165, 1.54) is 0 Å². The number of fused-ring (bicyclic) bond motifs is 2. The van der Waals surface area contributed by atoms with Gasteiger partial charge in [-0.3, -0.25) is 14.4 Å². The minimum absolute atomic E-state index is 0.00723. The van der Waals surface area contributed by atoms with Gasteiger partial charge >= 0.3 is 0 Å². The van der Waals surface area contributed by atoms with E-state index in [0.29, 0.717) is 26.1 Å². The van der Waals surface area contributed by atoms with Crippen molar-refractivity contribution < 1.29 is 29.0 Å². The minimum Gasteiger partial charge on any atom is -0.432 e. The fourth-order valence-corrected chi connectivity index (χ4v) is 10.0. The lowest BCUT2D eigenvalue weighted by Gasteiger charge is -2.32. The van der Waals surface area contributed by atoms with E-state index < -0.39 is 20.0 Å². The van der Waals surface area contributed by atoms with Gasteiger partial charge in [0.2, 0.25) is 11.8 Å². The van der Waals surface area contributed by atoms with Crippen molar-refractivity contribution >= 4 is 37.4 Å². The third kappa shape index (κ3) is 5.61. The quantitative estimate of drug-likeness (QED) is 0.258. The second-order valence-corrected chi connectivity index (χ2v) is 16.9. The first-order valence-corrected chi connectivity index (χ1v) is 18.7. The van der Waals surface area contributed by atoms with Gasteiger partial charge in [-0.2, -0.15) is 0 Å². The average molecular weight is 628 g/mol. The summed E-state index contributed by atoms with van der Waals surface area (Å²) in [4.78, 5) is 57.0. The third-order valence-electron chi connectivity index (χ3n) is 9.65. The molecule has 9 nitrogen and oxygen atoms in total. The molecule has 3 aliphatic heterocycles. The normalized spacial score (nSPS) is 24.2. The van der Waals surface area contributed by atoms with Crippen molar-refractivity contribution in [2.45, 2.75) is 63.2 Å². The number of benzene rings is 3. The van der Waals surface area contributed by atoms with Crippen molar-refractivity contribution in [2.75, 3.05) is 29.5 Å². The van der Waals surface area contributed by atoms with E-state index in [-0.39, 0.29) is 48.8 Å². The lowest BCUT2D eigenvalue weighted by Crippen LogP contribution is -2.46. The Balaban J connectivity index is 1.29. The van der Waals surface area contributed by atoms with E-state index in [4.69, 9.17) is 4.74 Å². The molecule has 3 aromatic rings. The zero-order valence-corrected chi connectivity index (χ0v) is 27.1. The van der Waals surface area contributed by atoms with Crippen LogP contribution in [0.15, 0.2) is 78.9 Å². The Morgan fingerprint density at radius 2 is 1.69 bits per heavy atom. The Morgan fingerprint density at radius 1 is 1.00 bits per heavy atom. The second-order valence-electron chi connectivity index (χ2n) is 13.0. The van der Waals surface area contributed by atoms with Crippen LogP contribution in [0.3, 0.4) is 0 Å². The summed E-state index contributed by atoms with van der Waals surface area (Å²) in [6, 6.07) is 25.0. The number of carbonyl (C=O) groups excluding carboxylic acids is 3. The molecule has 3 aliphatic rings. The van der Waals surface area contributed by atoms with Crippen LogP contribution in [-0.2, 0) is 37.8 Å². The number of anilines is 2. The summed E-state index contributed by atoms with van der Waals surface area (Å²) in [6.07, 6.45) is -0.122. The average Bonchev–Trinajstić information content (AvgIpc) is 3.44. The van der Waals surface area contributed by atoms with Gasteiger partial charge in [0.05, 0.1) is 31.4 Å². The summed E-state index contributed by atoms with van der Waals surface area (Å²) < 4.78 is 6.83. The van der Waals surface area contributed by atoms with Crippen molar-refractivity contribution in [1.29, 1.82) is 0 Å². The summed E-state index contributed by atoms with van der Waals surface area (Å²) in [5, 5.41) is 9.75. The molecule has 0 radical (unpaired) electrons. The van der Waals surface area contributed by atoms with Crippen LogP contribution in [0.1, 0.15) is 36.5 Å². The fraction of sp³-hybridized carbons (Fsp3) is 0.400. The number of aliphatic hydroxyl groups is 1. The topological polar surface area (TPSA) is 111 Å². The van der Waals surface area contributed by atoms with Gasteiger partial charge in [-0.05, 0) is 42.4 Å². The van der Waals surface area contributed by atoms with Crippen LogP contribution in [0.5, 0.6) is 0 Å². The molecule has 3 heterocycles. The Morgan fingerprint density at radius 3 is 2.31 bits per heavy atom. The molecule has 2 N–H and O–H groups in total. The van der Waals surface area contributed by atoms with Gasteiger partial charge in [0.1, 0.15) is 0 Å². The molecule has 0 bridgehead atoms. The van der Waals surface area contributed by atoms with Gasteiger partial charge < -0.3 is 29.3 Å². The largest absolute Gasteiger partial charge is 0.432 e. The first-order valence-electron chi connectivity index (χ1n) is 15.7. The molecule has 236 valence electrons. The molecule has 2 saturated heterocycles. The molecule has 6 rings (SSSR count). The molecule has 3 aromatic carbocycles. The number of carbonyl (C=O) groups is 3. The Bertz CT molecular complexity index is 1580. The van der Waals surface area contributed by atoms with Crippen LogP contribution >= 0.6 is 0 Å². The Hall–Kier alpha value is -3.83. The molecular weight excluding hydrogens is 586 g/mol. The number of β-lactam (4-membered cyclic amide) rings is 1. The highest BCUT2D eigenvalue weighted by Gasteiger charge is 2.66. The van der Waals surface area contributed by atoms with E-state index in [9.17, 15) is 24.3 Å². The van der Waals surface area contributed by atoms with Gasteiger partial charge in [0.25, 0.3) is 5.91 Å². The second kappa shape index (κ2) is 12.2. The van der Waals surface area contributed by atoms with Gasteiger partial charge in [-0.1, -0.05) is 67.6 Å². The number of hydrogen-bond donors (Lipinski definition) is 2. The smallest absolute Gasteiger partial charge is 0.264 e. The lowest BCUT2D eigenvalue weighted by atomic mass is 9.82. The molecule has 0 unspecified atom stereocenters. The van der Waals surface area contributed by atoms with E-state index in [1.807, 2.05) is 98.9 Å². The van der Waals surface area contributed by atoms with E-state index in [0.717, 1.165) is 28.1 Å². The first kappa shape index (κ1) is 31.2. The van der Waals surface area contributed by atoms with E-state index in [2.05, 4.69) is 0 Å². The van der Waals surface area contributed by atoms with Crippen molar-refractivity contribution in [3.05, 3.63) is 95.6 Å². The minimum atomic E-state index is -2.95. The number of para-hydroxylation sites is 1. The molecule has 0 aliphatic carbocycles. The monoisotopic (exact) mass is 627 g/mol. The molecule has 3 amide bonds. The predicted molar refractivity (Wildman–Crippen MR) is 174 cm³/mol.